The van der Waals surface area contributed by atoms with Crippen LogP contribution in [0.15, 0.2) is 85.9 Å². The Kier molecular flexibility index (Phi) is 8.04. The number of amides is 1. The Morgan fingerprint density at radius 3 is 2.59 bits per heavy atom. The fourth-order valence-electron chi connectivity index (χ4n) is 2.98. The molecule has 0 saturated carbocycles. The summed E-state index contributed by atoms with van der Waals surface area (Å²) in [6, 6.07) is 20.4. The molecule has 7 nitrogen and oxygen atoms in total. The molecule has 0 aliphatic rings. The van der Waals surface area contributed by atoms with Crippen molar-refractivity contribution in [1.82, 2.24) is 20.2 Å². The first-order chi connectivity index (χ1) is 16.4. The molecule has 0 bridgehead atoms. The third-order valence-electron chi connectivity index (χ3n) is 4.53. The van der Waals surface area contributed by atoms with E-state index in [1.807, 2.05) is 47.0 Å². The molecule has 0 aliphatic carbocycles. The highest BCUT2D eigenvalue weighted by atomic mass is 79.9. The van der Waals surface area contributed by atoms with Crippen molar-refractivity contribution in [2.75, 3.05) is 5.75 Å². The Hall–Kier alpha value is -2.66. The van der Waals surface area contributed by atoms with Gasteiger partial charge in [-0.3, -0.25) is 9.36 Å². The number of aromatic hydroxyl groups is 1. The summed E-state index contributed by atoms with van der Waals surface area (Å²) in [5.74, 6) is 0.410. The molecule has 34 heavy (non-hydrogen) atoms. The summed E-state index contributed by atoms with van der Waals surface area (Å²) < 4.78 is 3.15. The van der Waals surface area contributed by atoms with Gasteiger partial charge in [-0.2, -0.15) is 5.10 Å². The van der Waals surface area contributed by atoms with Gasteiger partial charge in [-0.25, -0.2) is 5.43 Å². The molecule has 0 aliphatic heterocycles. The van der Waals surface area contributed by atoms with Crippen LogP contribution in [0, 0.1) is 0 Å². The first-order valence-electron chi connectivity index (χ1n) is 9.82. The third-order valence-corrected chi connectivity index (χ3v) is 6.78. The van der Waals surface area contributed by atoms with E-state index in [9.17, 15) is 9.90 Å². The number of thioether (sulfide) groups is 1. The van der Waals surface area contributed by atoms with E-state index >= 15 is 0 Å². The maximum absolute atomic E-state index is 12.4. The molecule has 4 rings (SSSR count). The van der Waals surface area contributed by atoms with Crippen LogP contribution in [0.5, 0.6) is 5.75 Å². The Morgan fingerprint density at radius 1 is 1.12 bits per heavy atom. The number of phenolic OH excluding ortho intramolecular Hbond substituents is 1. The molecule has 1 heterocycles. The highest BCUT2D eigenvalue weighted by Gasteiger charge is 2.17. The van der Waals surface area contributed by atoms with E-state index in [2.05, 4.69) is 52.6 Å². The van der Waals surface area contributed by atoms with Crippen molar-refractivity contribution in [3.8, 4) is 22.8 Å². The molecule has 0 saturated heterocycles. The molecular formula is C23H16Br2ClN5O2S. The molecule has 3 aromatic carbocycles. The molecule has 2 N–H and O–H groups in total. The number of nitrogens with one attached hydrogen (secondary N) is 1. The minimum atomic E-state index is -0.332. The topological polar surface area (TPSA) is 92.4 Å². The second kappa shape index (κ2) is 11.2. The zero-order valence-corrected chi connectivity index (χ0v) is 22.1. The van der Waals surface area contributed by atoms with Gasteiger partial charge < -0.3 is 5.11 Å². The number of rotatable bonds is 7. The highest BCUT2D eigenvalue weighted by molar-refractivity contribution is 9.11. The van der Waals surface area contributed by atoms with E-state index < -0.39 is 0 Å². The van der Waals surface area contributed by atoms with E-state index in [0.29, 0.717) is 26.0 Å². The zero-order valence-electron chi connectivity index (χ0n) is 17.3. The molecule has 1 aromatic heterocycles. The summed E-state index contributed by atoms with van der Waals surface area (Å²) in [6.07, 6.45) is 1.37. The van der Waals surface area contributed by atoms with E-state index in [0.717, 1.165) is 15.7 Å². The number of nitrogens with zero attached hydrogens (tertiary/aromatic N) is 4. The van der Waals surface area contributed by atoms with Crippen molar-refractivity contribution in [1.29, 1.82) is 0 Å². The summed E-state index contributed by atoms with van der Waals surface area (Å²) in [5, 5.41) is 23.9. The van der Waals surface area contributed by atoms with Gasteiger partial charge in [-0.05, 0) is 52.3 Å². The largest absolute Gasteiger partial charge is 0.506 e. The maximum atomic E-state index is 12.4. The van der Waals surface area contributed by atoms with Gasteiger partial charge in [0.2, 0.25) is 0 Å². The second-order valence-electron chi connectivity index (χ2n) is 6.89. The van der Waals surface area contributed by atoms with Crippen LogP contribution in [-0.4, -0.2) is 37.7 Å². The minimum absolute atomic E-state index is 0.0279. The lowest BCUT2D eigenvalue weighted by Gasteiger charge is -2.10. The SMILES string of the molecule is O=C(CSc1nnc(-c2ccccc2)n1-c1ccc(Cl)cc1)N/N=C\c1cc(Br)cc(Br)c1O. The monoisotopic (exact) mass is 619 g/mol. The van der Waals surface area contributed by atoms with E-state index in [1.165, 1.54) is 18.0 Å². The second-order valence-corrected chi connectivity index (χ2v) is 10.0. The number of hydrazone groups is 1. The smallest absolute Gasteiger partial charge is 0.250 e. The zero-order chi connectivity index (χ0) is 24.1. The molecule has 0 unspecified atom stereocenters. The predicted molar refractivity (Wildman–Crippen MR) is 142 cm³/mol. The average Bonchev–Trinajstić information content (AvgIpc) is 3.26. The molecule has 0 radical (unpaired) electrons. The van der Waals surface area contributed by atoms with Crippen molar-refractivity contribution in [3.05, 3.63) is 86.3 Å². The number of halogens is 3. The number of aromatic nitrogens is 3. The van der Waals surface area contributed by atoms with Crippen molar-refractivity contribution in [3.63, 3.8) is 0 Å². The Morgan fingerprint density at radius 2 is 1.85 bits per heavy atom. The summed E-state index contributed by atoms with van der Waals surface area (Å²) in [7, 11) is 0. The Bertz CT molecular complexity index is 1350. The molecular weight excluding hydrogens is 606 g/mol. The number of carbonyl (C=O) groups is 1. The van der Waals surface area contributed by atoms with Crippen LogP contribution in [0.25, 0.3) is 17.1 Å². The molecule has 4 aromatic rings. The van der Waals surface area contributed by atoms with Crippen LogP contribution in [-0.2, 0) is 4.79 Å². The van der Waals surface area contributed by atoms with E-state index in [4.69, 9.17) is 11.6 Å². The summed E-state index contributed by atoms with van der Waals surface area (Å²) in [6.45, 7) is 0. The normalized spacial score (nSPS) is 11.1. The van der Waals surface area contributed by atoms with E-state index in [-0.39, 0.29) is 17.4 Å². The standard InChI is InChI=1S/C23H16Br2ClN5O2S/c24-16-10-15(21(33)19(25)11-16)12-27-28-20(32)13-34-23-30-29-22(14-4-2-1-3-5-14)31(23)18-8-6-17(26)7-9-18/h1-12,33H,13H2,(H,28,32)/b27-12-. The lowest BCUT2D eigenvalue weighted by Crippen LogP contribution is -2.20. The first kappa shape index (κ1) is 24.5. The van der Waals surface area contributed by atoms with Gasteiger partial charge in [0.15, 0.2) is 11.0 Å². The first-order valence-corrected chi connectivity index (χ1v) is 12.8. The summed E-state index contributed by atoms with van der Waals surface area (Å²) >= 11 is 13.9. The van der Waals surface area contributed by atoms with Crippen molar-refractivity contribution in [2.45, 2.75) is 5.16 Å². The van der Waals surface area contributed by atoms with Crippen LogP contribution in [0.3, 0.4) is 0 Å². The van der Waals surface area contributed by atoms with Gasteiger partial charge in [-0.1, -0.05) is 69.6 Å². The molecule has 0 atom stereocenters. The van der Waals surface area contributed by atoms with Crippen molar-refractivity contribution < 1.29 is 9.90 Å². The molecule has 0 spiro atoms. The van der Waals surface area contributed by atoms with Crippen molar-refractivity contribution in [2.24, 2.45) is 5.10 Å². The number of benzene rings is 3. The number of carbonyl (C=O) groups excluding carboxylic acids is 1. The Balaban J connectivity index is 1.50. The maximum Gasteiger partial charge on any atom is 0.250 e. The quantitative estimate of drug-likeness (QED) is 0.149. The highest BCUT2D eigenvalue weighted by Crippen LogP contribution is 2.31. The predicted octanol–water partition coefficient (Wildman–Crippen LogP) is 6.06. The molecule has 11 heteroatoms. The van der Waals surface area contributed by atoms with Gasteiger partial charge in [0, 0.05) is 26.3 Å². The van der Waals surface area contributed by atoms with Crippen LogP contribution < -0.4 is 5.43 Å². The van der Waals surface area contributed by atoms with Crippen LogP contribution >= 0.6 is 55.2 Å². The lowest BCUT2D eigenvalue weighted by atomic mass is 10.2. The Labute approximate surface area is 221 Å². The van der Waals surface area contributed by atoms with Crippen molar-refractivity contribution >= 4 is 67.3 Å². The van der Waals surface area contributed by atoms with Crippen LogP contribution in [0.1, 0.15) is 5.56 Å². The van der Waals surface area contributed by atoms with Gasteiger partial charge in [0.1, 0.15) is 5.75 Å². The number of phenols is 1. The molecule has 172 valence electrons. The summed E-state index contributed by atoms with van der Waals surface area (Å²) in [4.78, 5) is 12.4. The fraction of sp³-hybridized carbons (Fsp3) is 0.0435. The average molecular weight is 622 g/mol. The fourth-order valence-corrected chi connectivity index (χ4v) is 5.11. The van der Waals surface area contributed by atoms with Gasteiger partial charge in [0.05, 0.1) is 16.4 Å². The number of hydrogen-bond donors (Lipinski definition) is 2. The van der Waals surface area contributed by atoms with Gasteiger partial charge in [-0.15, -0.1) is 10.2 Å². The van der Waals surface area contributed by atoms with Crippen LogP contribution in [0.2, 0.25) is 5.02 Å². The van der Waals surface area contributed by atoms with E-state index in [1.54, 1.807) is 24.3 Å². The molecule has 0 fully saturated rings. The third kappa shape index (κ3) is 5.87. The number of hydrogen-bond acceptors (Lipinski definition) is 6. The van der Waals surface area contributed by atoms with Gasteiger partial charge >= 0.3 is 0 Å². The lowest BCUT2D eigenvalue weighted by molar-refractivity contribution is -0.118. The summed E-state index contributed by atoms with van der Waals surface area (Å²) in [5.41, 5.74) is 4.63. The van der Waals surface area contributed by atoms with Gasteiger partial charge in [0.25, 0.3) is 5.91 Å². The molecule has 1 amide bonds. The van der Waals surface area contributed by atoms with Crippen LogP contribution in [0.4, 0.5) is 0 Å². The minimum Gasteiger partial charge on any atom is -0.506 e.